The summed E-state index contributed by atoms with van der Waals surface area (Å²) in [6, 6.07) is 0. The lowest BCUT2D eigenvalue weighted by molar-refractivity contribution is -0.121. The Balaban J connectivity index is 4.36. The maximum atomic E-state index is 11.7. The molecule has 118 valence electrons. The maximum absolute atomic E-state index is 11.7. The Morgan fingerprint density at radius 1 is 1.10 bits per heavy atom. The number of aliphatic imine (C=N–C) groups is 1. The Hall–Kier alpha value is -1.26. The van der Waals surface area contributed by atoms with E-state index < -0.39 is 0 Å². The zero-order valence-corrected chi connectivity index (χ0v) is 14.0. The van der Waals surface area contributed by atoms with Crippen molar-refractivity contribution < 1.29 is 4.79 Å². The molecule has 0 fully saturated rings. The second-order valence-electron chi connectivity index (χ2n) is 6.06. The van der Waals surface area contributed by atoms with Crippen LogP contribution in [0.15, 0.2) is 4.99 Å². The first-order valence-electron chi connectivity index (χ1n) is 7.65. The van der Waals surface area contributed by atoms with Crippen molar-refractivity contribution in [3.05, 3.63) is 0 Å². The molecule has 1 amide bonds. The van der Waals surface area contributed by atoms with E-state index in [1.807, 2.05) is 27.7 Å². The molecule has 0 aromatic carbocycles. The summed E-state index contributed by atoms with van der Waals surface area (Å²) in [5.74, 6) is 1.29. The minimum Gasteiger partial charge on any atom is -0.357 e. The normalized spacial score (nSPS) is 12.4. The van der Waals surface area contributed by atoms with Gasteiger partial charge in [-0.25, -0.2) is 4.99 Å². The zero-order chi connectivity index (χ0) is 15.6. The van der Waals surface area contributed by atoms with Crippen LogP contribution in [0.4, 0.5) is 0 Å². The van der Waals surface area contributed by atoms with E-state index in [0.717, 1.165) is 25.9 Å². The minimum atomic E-state index is -0.214. The Kier molecular flexibility index (Phi) is 9.01. The van der Waals surface area contributed by atoms with Crippen LogP contribution in [0.25, 0.3) is 0 Å². The van der Waals surface area contributed by atoms with Crippen molar-refractivity contribution in [2.45, 2.75) is 59.9 Å². The first-order chi connectivity index (χ1) is 9.32. The third-order valence-electron chi connectivity index (χ3n) is 2.95. The Labute approximate surface area is 124 Å². The van der Waals surface area contributed by atoms with E-state index in [-0.39, 0.29) is 18.0 Å². The van der Waals surface area contributed by atoms with Gasteiger partial charge in [-0.15, -0.1) is 0 Å². The van der Waals surface area contributed by atoms with Crippen molar-refractivity contribution >= 4 is 11.9 Å². The van der Waals surface area contributed by atoms with Gasteiger partial charge < -0.3 is 16.0 Å². The molecule has 5 heteroatoms. The van der Waals surface area contributed by atoms with Crippen LogP contribution in [-0.4, -0.2) is 37.0 Å². The molecule has 0 heterocycles. The topological polar surface area (TPSA) is 65.5 Å². The van der Waals surface area contributed by atoms with Crippen LogP contribution in [0.5, 0.6) is 0 Å². The number of hydrogen-bond donors (Lipinski definition) is 3. The molecule has 0 saturated heterocycles. The fraction of sp³-hybridized carbons (Fsp3) is 0.867. The lowest BCUT2D eigenvalue weighted by atomic mass is 10.0. The van der Waals surface area contributed by atoms with Crippen molar-refractivity contribution in [2.75, 3.05) is 19.6 Å². The molecule has 5 nitrogen and oxygen atoms in total. The Bertz CT molecular complexity index is 303. The molecular formula is C15H32N4O. The Morgan fingerprint density at radius 3 is 2.15 bits per heavy atom. The fourth-order valence-electron chi connectivity index (χ4n) is 1.77. The van der Waals surface area contributed by atoms with Crippen molar-refractivity contribution in [1.82, 2.24) is 16.0 Å². The molecule has 3 N–H and O–H groups in total. The molecular weight excluding hydrogens is 252 g/mol. The summed E-state index contributed by atoms with van der Waals surface area (Å²) in [7, 11) is 0. The lowest BCUT2D eigenvalue weighted by Gasteiger charge is -2.20. The number of amides is 1. The van der Waals surface area contributed by atoms with Gasteiger partial charge >= 0.3 is 0 Å². The van der Waals surface area contributed by atoms with Crippen LogP contribution >= 0.6 is 0 Å². The zero-order valence-electron chi connectivity index (χ0n) is 14.0. The van der Waals surface area contributed by atoms with Gasteiger partial charge in [0.2, 0.25) is 5.91 Å². The number of hydrogen-bond acceptors (Lipinski definition) is 2. The summed E-state index contributed by atoms with van der Waals surface area (Å²) < 4.78 is 0. The molecule has 0 aromatic rings. The molecule has 0 saturated carbocycles. The van der Waals surface area contributed by atoms with E-state index in [9.17, 15) is 4.79 Å². The highest BCUT2D eigenvalue weighted by Gasteiger charge is 2.13. The van der Waals surface area contributed by atoms with Gasteiger partial charge in [0.15, 0.2) is 5.96 Å². The molecule has 0 aliphatic carbocycles. The molecule has 0 atom stereocenters. The van der Waals surface area contributed by atoms with E-state index in [2.05, 4.69) is 34.8 Å². The van der Waals surface area contributed by atoms with Gasteiger partial charge in [-0.05, 0) is 33.6 Å². The third kappa shape index (κ3) is 9.64. The highest BCUT2D eigenvalue weighted by atomic mass is 16.2. The fourth-order valence-corrected chi connectivity index (χ4v) is 1.77. The first kappa shape index (κ1) is 18.7. The predicted octanol–water partition coefficient (Wildman–Crippen LogP) is 1.89. The minimum absolute atomic E-state index is 0.0581. The summed E-state index contributed by atoms with van der Waals surface area (Å²) in [4.78, 5) is 16.1. The highest BCUT2D eigenvalue weighted by molar-refractivity contribution is 5.85. The van der Waals surface area contributed by atoms with E-state index in [1.165, 1.54) is 0 Å². The molecule has 0 rings (SSSR count). The van der Waals surface area contributed by atoms with E-state index in [0.29, 0.717) is 11.9 Å². The number of carbonyl (C=O) groups is 1. The summed E-state index contributed by atoms with van der Waals surface area (Å²) in [6.45, 7) is 14.1. The van der Waals surface area contributed by atoms with Crippen LogP contribution < -0.4 is 16.0 Å². The summed E-state index contributed by atoms with van der Waals surface area (Å²) in [6.07, 6.45) is 2.29. The average Bonchev–Trinajstić information content (AvgIpc) is 2.34. The first-order valence-corrected chi connectivity index (χ1v) is 7.65. The van der Waals surface area contributed by atoms with Crippen LogP contribution in [0, 0.1) is 5.92 Å². The third-order valence-corrected chi connectivity index (χ3v) is 2.95. The molecule has 0 aromatic heterocycles. The molecule has 0 spiro atoms. The van der Waals surface area contributed by atoms with Crippen molar-refractivity contribution in [2.24, 2.45) is 10.9 Å². The standard InChI is InChI=1S/C15H32N4O/c1-7-12(8-2)10-17-14(16-9-3)18-11-13(20)19-15(4,5)6/h12H,7-11H2,1-6H3,(H,19,20)(H2,16,17,18). The van der Waals surface area contributed by atoms with Gasteiger partial charge in [0.05, 0.1) is 0 Å². The number of nitrogens with zero attached hydrogens (tertiary/aromatic N) is 1. The van der Waals surface area contributed by atoms with Crippen LogP contribution in [0.2, 0.25) is 0 Å². The number of nitrogens with one attached hydrogen (secondary N) is 3. The smallest absolute Gasteiger partial charge is 0.242 e. The molecule has 0 aliphatic rings. The second kappa shape index (κ2) is 9.61. The van der Waals surface area contributed by atoms with Crippen LogP contribution in [0.3, 0.4) is 0 Å². The van der Waals surface area contributed by atoms with Gasteiger partial charge in [-0.2, -0.15) is 0 Å². The summed E-state index contributed by atoms with van der Waals surface area (Å²) >= 11 is 0. The van der Waals surface area contributed by atoms with Crippen LogP contribution in [0.1, 0.15) is 54.4 Å². The summed E-state index contributed by atoms with van der Waals surface area (Å²) in [5, 5.41) is 9.37. The molecule has 20 heavy (non-hydrogen) atoms. The van der Waals surface area contributed by atoms with Gasteiger partial charge in [-0.3, -0.25) is 4.79 Å². The highest BCUT2D eigenvalue weighted by Crippen LogP contribution is 2.04. The number of carbonyl (C=O) groups excluding carboxylic acids is 1. The second-order valence-corrected chi connectivity index (χ2v) is 6.06. The molecule has 0 radical (unpaired) electrons. The van der Waals surface area contributed by atoms with E-state index in [4.69, 9.17) is 0 Å². The van der Waals surface area contributed by atoms with Crippen molar-refractivity contribution in [3.8, 4) is 0 Å². The number of guanidine groups is 1. The largest absolute Gasteiger partial charge is 0.357 e. The number of rotatable bonds is 7. The molecule has 0 aliphatic heterocycles. The quantitative estimate of drug-likeness (QED) is 0.494. The SMILES string of the molecule is CCNC(=NCC(=O)NC(C)(C)C)NCC(CC)CC. The lowest BCUT2D eigenvalue weighted by Crippen LogP contribution is -2.43. The van der Waals surface area contributed by atoms with E-state index >= 15 is 0 Å². The van der Waals surface area contributed by atoms with Gasteiger partial charge in [0.1, 0.15) is 6.54 Å². The maximum Gasteiger partial charge on any atom is 0.242 e. The summed E-state index contributed by atoms with van der Waals surface area (Å²) in [5.41, 5.74) is -0.214. The van der Waals surface area contributed by atoms with Crippen molar-refractivity contribution in [1.29, 1.82) is 0 Å². The van der Waals surface area contributed by atoms with Gasteiger partial charge in [-0.1, -0.05) is 26.7 Å². The van der Waals surface area contributed by atoms with Gasteiger partial charge in [0, 0.05) is 18.6 Å². The van der Waals surface area contributed by atoms with Crippen molar-refractivity contribution in [3.63, 3.8) is 0 Å². The monoisotopic (exact) mass is 284 g/mol. The van der Waals surface area contributed by atoms with Gasteiger partial charge in [0.25, 0.3) is 0 Å². The molecule has 0 bridgehead atoms. The van der Waals surface area contributed by atoms with E-state index in [1.54, 1.807) is 0 Å². The Morgan fingerprint density at radius 2 is 1.70 bits per heavy atom. The van der Waals surface area contributed by atoms with Crippen LogP contribution in [-0.2, 0) is 4.79 Å². The molecule has 0 unspecified atom stereocenters. The average molecular weight is 284 g/mol. The predicted molar refractivity (Wildman–Crippen MR) is 85.9 cm³/mol.